The Morgan fingerprint density at radius 3 is 2.32 bits per heavy atom. The van der Waals surface area contributed by atoms with Gasteiger partial charge in [0.05, 0.1) is 36.8 Å². The number of rotatable bonds is 19. The van der Waals surface area contributed by atoms with Crippen LogP contribution in [0.1, 0.15) is 96.8 Å². The Morgan fingerprint density at radius 2 is 1.74 bits per heavy atom. The summed E-state index contributed by atoms with van der Waals surface area (Å²) in [5, 5.41) is 2.65. The zero-order valence-corrected chi connectivity index (χ0v) is 32.4. The van der Waals surface area contributed by atoms with Crippen LogP contribution in [0.2, 0.25) is 0 Å². The van der Waals surface area contributed by atoms with Gasteiger partial charge in [-0.2, -0.15) is 26.3 Å². The number of aromatic nitrogens is 1. The molecule has 15 heteroatoms. The largest absolute Gasteiger partial charge is 0.493 e. The van der Waals surface area contributed by atoms with Crippen LogP contribution in [0.4, 0.5) is 30.7 Å². The van der Waals surface area contributed by atoms with Crippen LogP contribution in [0.15, 0.2) is 66.6 Å². The molecule has 0 spiro atoms. The number of unbranched alkanes of at least 4 members (excludes halogenated alkanes) is 1. The van der Waals surface area contributed by atoms with Crippen molar-refractivity contribution in [2.45, 2.75) is 89.1 Å². The van der Waals surface area contributed by atoms with Gasteiger partial charge >= 0.3 is 18.3 Å². The van der Waals surface area contributed by atoms with E-state index in [4.69, 9.17) is 9.47 Å². The number of carbonyl (C=O) groups is 2. The Bertz CT molecular complexity index is 2000. The molecule has 0 radical (unpaired) electrons. The highest BCUT2D eigenvalue weighted by Crippen LogP contribution is 2.47. The van der Waals surface area contributed by atoms with Crippen LogP contribution in [-0.4, -0.2) is 55.2 Å². The van der Waals surface area contributed by atoms with Gasteiger partial charge in [0.2, 0.25) is 5.91 Å². The minimum absolute atomic E-state index is 0.0513. The average Bonchev–Trinajstić information content (AvgIpc) is 3.97. The molecule has 2 aromatic carbocycles. The highest BCUT2D eigenvalue weighted by Gasteiger charge is 2.37. The van der Waals surface area contributed by atoms with Crippen molar-refractivity contribution in [1.29, 1.82) is 0 Å². The Balaban J connectivity index is 1.89. The topological polar surface area (TPSA) is 89.9 Å². The average molecular weight is 808 g/mol. The van der Waals surface area contributed by atoms with E-state index in [-0.39, 0.29) is 77.6 Å². The third kappa shape index (κ3) is 11.6. The lowest BCUT2D eigenvalue weighted by molar-refractivity contribution is -0.144. The number of allylic oxidation sites excluding steroid dienone is 2. The number of nitrogens with zero attached hydrogens (tertiary/aromatic N) is 2. The van der Waals surface area contributed by atoms with Crippen LogP contribution >= 0.6 is 0 Å². The number of hydrogen-bond donors (Lipinski definition) is 1. The molecule has 310 valence electrons. The smallest absolute Gasteiger partial charge is 0.416 e. The maximum absolute atomic E-state index is 16.7. The molecule has 1 amide bonds. The van der Waals surface area contributed by atoms with Crippen molar-refractivity contribution in [2.75, 3.05) is 33.9 Å². The maximum atomic E-state index is 16.7. The molecule has 1 fully saturated rings. The van der Waals surface area contributed by atoms with Crippen molar-refractivity contribution < 1.29 is 49.8 Å². The van der Waals surface area contributed by atoms with Gasteiger partial charge in [0.25, 0.3) is 5.56 Å². The maximum Gasteiger partial charge on any atom is 0.416 e. The zero-order chi connectivity index (χ0) is 42.2. The number of ether oxygens (including phenoxy) is 2. The fourth-order valence-electron chi connectivity index (χ4n) is 6.61. The van der Waals surface area contributed by atoms with E-state index < -0.39 is 65.2 Å². The molecule has 0 bridgehead atoms. The SMILES string of the molecule is C=CCCCOc1cc(C(F)(F)F)cc(C)c1-c1cc(C2CC2)c(F)c([C@H](CC(=O)OCC)NC(=O)[C@H](CC=C)n2cc(CCN(C)C)c(C(F)(F)F)cc2=O)c1. The molecule has 1 aliphatic carbocycles. The minimum atomic E-state index is -4.86. The number of alkyl halides is 6. The third-order valence-electron chi connectivity index (χ3n) is 9.56. The normalized spacial score (nSPS) is 14.2. The molecule has 8 nitrogen and oxygen atoms in total. The van der Waals surface area contributed by atoms with Crippen LogP contribution in [0.3, 0.4) is 0 Å². The number of pyridine rings is 1. The van der Waals surface area contributed by atoms with Gasteiger partial charge in [-0.15, -0.1) is 13.2 Å². The van der Waals surface area contributed by atoms with Crippen LogP contribution < -0.4 is 15.6 Å². The molecule has 0 unspecified atom stereocenters. The quantitative estimate of drug-likeness (QED) is 0.0563. The Morgan fingerprint density at radius 1 is 1.04 bits per heavy atom. The van der Waals surface area contributed by atoms with Crippen LogP contribution in [-0.2, 0) is 33.1 Å². The molecule has 57 heavy (non-hydrogen) atoms. The van der Waals surface area contributed by atoms with Gasteiger partial charge in [-0.3, -0.25) is 14.4 Å². The van der Waals surface area contributed by atoms with Crippen molar-refractivity contribution in [3.8, 4) is 16.9 Å². The van der Waals surface area contributed by atoms with Gasteiger partial charge in [0.15, 0.2) is 0 Å². The van der Waals surface area contributed by atoms with E-state index >= 15 is 4.39 Å². The van der Waals surface area contributed by atoms with Gasteiger partial charge in [-0.25, -0.2) is 4.39 Å². The number of hydrogen-bond acceptors (Lipinski definition) is 6. The van der Waals surface area contributed by atoms with Crippen molar-refractivity contribution in [3.63, 3.8) is 0 Å². The van der Waals surface area contributed by atoms with Crippen molar-refractivity contribution >= 4 is 11.9 Å². The molecule has 1 heterocycles. The summed E-state index contributed by atoms with van der Waals surface area (Å²) in [7, 11) is 3.33. The number of amides is 1. The predicted molar refractivity (Wildman–Crippen MR) is 202 cm³/mol. The van der Waals surface area contributed by atoms with E-state index in [2.05, 4.69) is 18.5 Å². The molecule has 1 aliphatic rings. The second kappa shape index (κ2) is 19.0. The number of carbonyl (C=O) groups excluding carboxylic acids is 2. The molecule has 3 aromatic rings. The number of likely N-dealkylation sites (N-methyl/N-ethyl adjacent to an activating group) is 1. The lowest BCUT2D eigenvalue weighted by Crippen LogP contribution is -2.40. The molecular weight excluding hydrogens is 759 g/mol. The van der Waals surface area contributed by atoms with E-state index in [0.29, 0.717) is 31.7 Å². The van der Waals surface area contributed by atoms with E-state index in [1.807, 2.05) is 0 Å². The van der Waals surface area contributed by atoms with Gasteiger partial charge in [-0.05, 0) is 119 Å². The highest BCUT2D eigenvalue weighted by molar-refractivity contribution is 5.82. The summed E-state index contributed by atoms with van der Waals surface area (Å²) in [6.07, 6.45) is -4.35. The molecule has 0 saturated heterocycles. The van der Waals surface area contributed by atoms with E-state index in [0.717, 1.165) is 22.9 Å². The predicted octanol–water partition coefficient (Wildman–Crippen LogP) is 9.25. The van der Waals surface area contributed by atoms with Gasteiger partial charge < -0.3 is 24.3 Å². The van der Waals surface area contributed by atoms with Crippen molar-refractivity contribution in [3.05, 3.63) is 111 Å². The fraction of sp³-hybridized carbons (Fsp3) is 0.452. The summed E-state index contributed by atoms with van der Waals surface area (Å²) < 4.78 is 113. The standard InChI is InChI=1S/C42H48F7N3O5/c1-7-10-11-17-57-35-21-29(41(44,45)46)18-25(4)38(35)28-19-30(26-13-14-26)39(43)31(20-28)33(23-37(54)56-9-3)50-40(55)34(12-8-2)52-24-27(15-16-51(5)6)32(22-36(52)53)42(47,48)49/h7-8,18-22,24,26,33-34H,1-2,9-17,23H2,3-6H3,(H,50,55)/t33-,34-/m0/s1. The number of aryl methyl sites for hydroxylation is 1. The van der Waals surface area contributed by atoms with Gasteiger partial charge in [0.1, 0.15) is 17.6 Å². The third-order valence-corrected chi connectivity index (χ3v) is 9.56. The molecule has 4 rings (SSSR count). The van der Waals surface area contributed by atoms with Crippen LogP contribution in [0.5, 0.6) is 5.75 Å². The van der Waals surface area contributed by atoms with Crippen molar-refractivity contribution in [2.24, 2.45) is 0 Å². The molecule has 1 saturated carbocycles. The second-order valence-corrected chi connectivity index (χ2v) is 14.3. The van der Waals surface area contributed by atoms with Gasteiger partial charge in [0, 0.05) is 29.9 Å². The van der Waals surface area contributed by atoms with Crippen LogP contribution in [0, 0.1) is 12.7 Å². The summed E-state index contributed by atoms with van der Waals surface area (Å²) in [6, 6.07) is 2.21. The molecule has 0 aliphatic heterocycles. The van der Waals surface area contributed by atoms with E-state index in [9.17, 15) is 40.7 Å². The minimum Gasteiger partial charge on any atom is -0.493 e. The molecule has 2 atom stereocenters. The van der Waals surface area contributed by atoms with E-state index in [1.54, 1.807) is 32.0 Å². The fourth-order valence-corrected chi connectivity index (χ4v) is 6.61. The van der Waals surface area contributed by atoms with Crippen molar-refractivity contribution in [1.82, 2.24) is 14.8 Å². The molecule has 1 aromatic heterocycles. The molecule has 1 N–H and O–H groups in total. The number of nitrogens with one attached hydrogen (secondary N) is 1. The zero-order valence-electron chi connectivity index (χ0n) is 32.4. The number of benzene rings is 2. The molecular formula is C42H48F7N3O5. The monoisotopic (exact) mass is 807 g/mol. The Kier molecular flexibility index (Phi) is 14.9. The number of esters is 1. The summed E-state index contributed by atoms with van der Waals surface area (Å²) in [5.41, 5.74) is -2.72. The summed E-state index contributed by atoms with van der Waals surface area (Å²) in [6.45, 7) is 10.5. The lowest BCUT2D eigenvalue weighted by Gasteiger charge is -2.26. The van der Waals surface area contributed by atoms with Gasteiger partial charge in [-0.1, -0.05) is 12.2 Å². The highest BCUT2D eigenvalue weighted by atomic mass is 19.4. The van der Waals surface area contributed by atoms with Crippen LogP contribution in [0.25, 0.3) is 11.1 Å². The first-order valence-electron chi connectivity index (χ1n) is 18.6. The first-order valence-corrected chi connectivity index (χ1v) is 18.6. The second-order valence-electron chi connectivity index (χ2n) is 14.3. The number of halogens is 7. The summed E-state index contributed by atoms with van der Waals surface area (Å²) in [5.74, 6) is -2.87. The first-order chi connectivity index (χ1) is 26.8. The first kappa shape index (κ1) is 44.8. The summed E-state index contributed by atoms with van der Waals surface area (Å²) >= 11 is 0. The summed E-state index contributed by atoms with van der Waals surface area (Å²) in [4.78, 5) is 42.2. The Labute approximate surface area is 327 Å². The lowest BCUT2D eigenvalue weighted by atomic mass is 9.89. The van der Waals surface area contributed by atoms with E-state index in [1.165, 1.54) is 25.1 Å². The Hall–Kier alpha value is -4.92.